The van der Waals surface area contributed by atoms with Crippen LogP contribution < -0.4 is 0 Å². The van der Waals surface area contributed by atoms with E-state index in [0.29, 0.717) is 5.82 Å². The van der Waals surface area contributed by atoms with Crippen molar-refractivity contribution in [3.8, 4) is 22.8 Å². The Morgan fingerprint density at radius 3 is 2.35 bits per heavy atom. The predicted molar refractivity (Wildman–Crippen MR) is 65.0 cm³/mol. The van der Waals surface area contributed by atoms with E-state index in [1.165, 1.54) is 0 Å². The molecule has 0 saturated heterocycles. The van der Waals surface area contributed by atoms with E-state index in [2.05, 4.69) is 19.9 Å². The molecule has 4 heteroatoms. The SMILES string of the molecule is c1ccc(-c2nc[nH]c2-c2ncccn2)cc1. The largest absolute Gasteiger partial charge is 0.341 e. The first kappa shape index (κ1) is 9.72. The van der Waals surface area contributed by atoms with Gasteiger partial charge in [-0.2, -0.15) is 0 Å². The van der Waals surface area contributed by atoms with E-state index in [1.54, 1.807) is 24.8 Å². The highest BCUT2D eigenvalue weighted by atomic mass is 15.0. The summed E-state index contributed by atoms with van der Waals surface area (Å²) in [7, 11) is 0. The number of nitrogens with one attached hydrogen (secondary N) is 1. The summed E-state index contributed by atoms with van der Waals surface area (Å²) in [6.45, 7) is 0. The topological polar surface area (TPSA) is 54.5 Å². The highest BCUT2D eigenvalue weighted by Gasteiger charge is 2.11. The summed E-state index contributed by atoms with van der Waals surface area (Å²) in [5.41, 5.74) is 2.77. The fourth-order valence-corrected chi connectivity index (χ4v) is 1.71. The summed E-state index contributed by atoms with van der Waals surface area (Å²) in [5, 5.41) is 0. The molecule has 0 saturated carbocycles. The van der Waals surface area contributed by atoms with E-state index in [-0.39, 0.29) is 0 Å². The quantitative estimate of drug-likeness (QED) is 0.724. The number of hydrogen-bond donors (Lipinski definition) is 1. The molecule has 0 spiro atoms. The third-order valence-corrected chi connectivity index (χ3v) is 2.48. The van der Waals surface area contributed by atoms with Crippen LogP contribution in [-0.4, -0.2) is 19.9 Å². The lowest BCUT2D eigenvalue weighted by molar-refractivity contribution is 1.15. The van der Waals surface area contributed by atoms with Crippen molar-refractivity contribution in [3.05, 3.63) is 55.1 Å². The van der Waals surface area contributed by atoms with Gasteiger partial charge in [0.15, 0.2) is 5.82 Å². The lowest BCUT2D eigenvalue weighted by Gasteiger charge is -2.00. The minimum atomic E-state index is 0.656. The standard InChI is InChI=1S/C13H10N4/c1-2-5-10(6-3-1)11-12(17-9-16-11)13-14-7-4-8-15-13/h1-9H,(H,16,17). The Bertz CT molecular complexity index is 548. The maximum atomic E-state index is 4.33. The van der Waals surface area contributed by atoms with Gasteiger partial charge in [-0.15, -0.1) is 0 Å². The molecule has 1 N–H and O–H groups in total. The summed E-state index contributed by atoms with van der Waals surface area (Å²) in [5.74, 6) is 0.656. The zero-order valence-corrected chi connectivity index (χ0v) is 9.04. The van der Waals surface area contributed by atoms with Crippen molar-refractivity contribution in [1.82, 2.24) is 19.9 Å². The molecule has 4 nitrogen and oxygen atoms in total. The maximum absolute atomic E-state index is 4.33. The van der Waals surface area contributed by atoms with Crippen LogP contribution in [0, 0.1) is 0 Å². The van der Waals surface area contributed by atoms with Gasteiger partial charge in [0.25, 0.3) is 0 Å². The molecular weight excluding hydrogens is 212 g/mol. The minimum Gasteiger partial charge on any atom is -0.341 e. The van der Waals surface area contributed by atoms with E-state index >= 15 is 0 Å². The zero-order valence-electron chi connectivity index (χ0n) is 9.04. The van der Waals surface area contributed by atoms with E-state index in [1.807, 2.05) is 30.3 Å². The Labute approximate surface area is 98.4 Å². The molecule has 2 aromatic heterocycles. The second kappa shape index (κ2) is 4.17. The average Bonchev–Trinajstić information content (AvgIpc) is 2.90. The number of rotatable bonds is 2. The molecule has 3 aromatic rings. The summed E-state index contributed by atoms with van der Waals surface area (Å²) in [6, 6.07) is 11.8. The minimum absolute atomic E-state index is 0.656. The van der Waals surface area contributed by atoms with Crippen LogP contribution in [0.2, 0.25) is 0 Å². The van der Waals surface area contributed by atoms with Crippen LogP contribution in [0.15, 0.2) is 55.1 Å². The number of imidazole rings is 1. The monoisotopic (exact) mass is 222 g/mol. The molecule has 0 aliphatic rings. The molecule has 0 atom stereocenters. The van der Waals surface area contributed by atoms with Crippen molar-refractivity contribution in [2.24, 2.45) is 0 Å². The fraction of sp³-hybridized carbons (Fsp3) is 0. The summed E-state index contributed by atoms with van der Waals surface area (Å²) in [6.07, 6.45) is 5.10. The molecule has 17 heavy (non-hydrogen) atoms. The normalized spacial score (nSPS) is 10.4. The van der Waals surface area contributed by atoms with Crippen LogP contribution in [0.3, 0.4) is 0 Å². The number of H-pyrrole nitrogens is 1. The number of benzene rings is 1. The van der Waals surface area contributed by atoms with Crippen molar-refractivity contribution >= 4 is 0 Å². The van der Waals surface area contributed by atoms with Gasteiger partial charge in [0.2, 0.25) is 0 Å². The van der Waals surface area contributed by atoms with E-state index in [9.17, 15) is 0 Å². The lowest BCUT2D eigenvalue weighted by Crippen LogP contribution is -1.89. The fourth-order valence-electron chi connectivity index (χ4n) is 1.71. The van der Waals surface area contributed by atoms with Gasteiger partial charge < -0.3 is 4.98 Å². The van der Waals surface area contributed by atoms with Gasteiger partial charge in [0.05, 0.1) is 12.0 Å². The smallest absolute Gasteiger partial charge is 0.178 e. The first-order chi connectivity index (χ1) is 8.45. The molecule has 0 bridgehead atoms. The number of aromatic amines is 1. The average molecular weight is 222 g/mol. The van der Waals surface area contributed by atoms with Crippen molar-refractivity contribution in [1.29, 1.82) is 0 Å². The molecule has 0 fully saturated rings. The summed E-state index contributed by atoms with van der Waals surface area (Å²) in [4.78, 5) is 15.9. The van der Waals surface area contributed by atoms with Crippen molar-refractivity contribution in [3.63, 3.8) is 0 Å². The second-order valence-corrected chi connectivity index (χ2v) is 3.56. The number of aromatic nitrogens is 4. The molecule has 0 unspecified atom stereocenters. The number of hydrogen-bond acceptors (Lipinski definition) is 3. The van der Waals surface area contributed by atoms with Gasteiger partial charge in [-0.05, 0) is 6.07 Å². The van der Waals surface area contributed by atoms with Crippen LogP contribution in [0.1, 0.15) is 0 Å². The van der Waals surface area contributed by atoms with Crippen molar-refractivity contribution in [2.75, 3.05) is 0 Å². The van der Waals surface area contributed by atoms with Gasteiger partial charge >= 0.3 is 0 Å². The van der Waals surface area contributed by atoms with Crippen molar-refractivity contribution in [2.45, 2.75) is 0 Å². The van der Waals surface area contributed by atoms with Crippen LogP contribution >= 0.6 is 0 Å². The highest BCUT2D eigenvalue weighted by Crippen LogP contribution is 2.25. The molecule has 3 rings (SSSR count). The third kappa shape index (κ3) is 1.80. The van der Waals surface area contributed by atoms with Gasteiger partial charge in [-0.3, -0.25) is 0 Å². The van der Waals surface area contributed by atoms with E-state index in [0.717, 1.165) is 17.0 Å². The molecule has 0 aliphatic carbocycles. The zero-order chi connectivity index (χ0) is 11.5. The van der Waals surface area contributed by atoms with Gasteiger partial charge in [0.1, 0.15) is 5.69 Å². The first-order valence-electron chi connectivity index (χ1n) is 5.31. The Kier molecular flexibility index (Phi) is 2.38. The van der Waals surface area contributed by atoms with Gasteiger partial charge in [-0.1, -0.05) is 30.3 Å². The molecule has 0 aliphatic heterocycles. The third-order valence-electron chi connectivity index (χ3n) is 2.48. The molecule has 1 aromatic carbocycles. The van der Waals surface area contributed by atoms with Gasteiger partial charge in [0, 0.05) is 18.0 Å². The Hall–Kier alpha value is -2.49. The Morgan fingerprint density at radius 1 is 0.824 bits per heavy atom. The second-order valence-electron chi connectivity index (χ2n) is 3.56. The Morgan fingerprint density at radius 2 is 1.59 bits per heavy atom. The summed E-state index contributed by atoms with van der Waals surface area (Å²) < 4.78 is 0. The summed E-state index contributed by atoms with van der Waals surface area (Å²) >= 11 is 0. The first-order valence-corrected chi connectivity index (χ1v) is 5.31. The molecule has 0 amide bonds. The van der Waals surface area contributed by atoms with Crippen LogP contribution in [0.5, 0.6) is 0 Å². The van der Waals surface area contributed by atoms with Crippen LogP contribution in [-0.2, 0) is 0 Å². The van der Waals surface area contributed by atoms with Gasteiger partial charge in [-0.25, -0.2) is 15.0 Å². The predicted octanol–water partition coefficient (Wildman–Crippen LogP) is 2.53. The highest BCUT2D eigenvalue weighted by molar-refractivity contribution is 5.74. The lowest BCUT2D eigenvalue weighted by atomic mass is 10.1. The molecule has 0 radical (unpaired) electrons. The molecule has 2 heterocycles. The van der Waals surface area contributed by atoms with E-state index < -0.39 is 0 Å². The van der Waals surface area contributed by atoms with Crippen molar-refractivity contribution < 1.29 is 0 Å². The number of nitrogens with zero attached hydrogens (tertiary/aromatic N) is 3. The van der Waals surface area contributed by atoms with Crippen LogP contribution in [0.25, 0.3) is 22.8 Å². The molecule has 82 valence electrons. The maximum Gasteiger partial charge on any atom is 0.178 e. The molecular formula is C13H10N4. The van der Waals surface area contributed by atoms with Crippen LogP contribution in [0.4, 0.5) is 0 Å². The Balaban J connectivity index is 2.13. The van der Waals surface area contributed by atoms with E-state index in [4.69, 9.17) is 0 Å².